The number of carbonyl (C=O) groups is 2. The quantitative estimate of drug-likeness (QED) is 0.449. The number of carbonyl (C=O) groups excluding carboxylic acids is 1. The molecule has 2 aromatic heterocycles. The third kappa shape index (κ3) is 6.49. The highest BCUT2D eigenvalue weighted by molar-refractivity contribution is 7.14. The van der Waals surface area contributed by atoms with Gasteiger partial charge in [-0.3, -0.25) is 14.8 Å². The molecule has 202 valence electrons. The number of hydrogen-bond acceptors (Lipinski definition) is 7. The van der Waals surface area contributed by atoms with Gasteiger partial charge in [-0.05, 0) is 68.8 Å². The standard InChI is InChI=1S/C28H41N5O3S/c1-18-6-8-19(9-7-18)26(34)33(22-16-23(28(2,3)4)37-25(22)27(35)36)21-12-10-20(11-13-21)31-32(5)24-17-29-14-15-30-24/h14-21,31H,6-13H2,1-5H3,(H,35,36)/t18?,19?,20-,21-. The fourth-order valence-electron chi connectivity index (χ4n) is 5.55. The Labute approximate surface area is 224 Å². The van der Waals surface area contributed by atoms with E-state index in [4.69, 9.17) is 0 Å². The Kier molecular flexibility index (Phi) is 8.53. The number of hydrazine groups is 1. The van der Waals surface area contributed by atoms with Crippen LogP contribution in [-0.4, -0.2) is 46.1 Å². The van der Waals surface area contributed by atoms with E-state index in [1.165, 1.54) is 11.3 Å². The Morgan fingerprint density at radius 3 is 2.30 bits per heavy atom. The number of carboxylic acid groups (broad SMARTS) is 1. The number of hydrogen-bond donors (Lipinski definition) is 2. The summed E-state index contributed by atoms with van der Waals surface area (Å²) in [5.74, 6) is 0.530. The zero-order chi connectivity index (χ0) is 26.7. The van der Waals surface area contributed by atoms with Crippen LogP contribution >= 0.6 is 11.3 Å². The average molecular weight is 528 g/mol. The first-order valence-corrected chi connectivity index (χ1v) is 14.3. The second kappa shape index (κ2) is 11.5. The van der Waals surface area contributed by atoms with E-state index in [0.29, 0.717) is 11.6 Å². The number of rotatable bonds is 7. The van der Waals surface area contributed by atoms with Crippen molar-refractivity contribution in [2.75, 3.05) is 17.0 Å². The molecule has 0 aromatic carbocycles. The SMILES string of the molecule is CC1CCC(C(=O)N(c2cc(C(C)(C)C)sc2C(=O)O)[C@H]2CC[C@H](NN(C)c3cnccn3)CC2)CC1. The van der Waals surface area contributed by atoms with Crippen molar-refractivity contribution in [2.24, 2.45) is 11.8 Å². The largest absolute Gasteiger partial charge is 0.477 e. The molecule has 0 radical (unpaired) electrons. The van der Waals surface area contributed by atoms with Gasteiger partial charge in [0, 0.05) is 42.3 Å². The minimum Gasteiger partial charge on any atom is -0.477 e. The molecule has 0 bridgehead atoms. The van der Waals surface area contributed by atoms with Gasteiger partial charge >= 0.3 is 5.97 Å². The molecule has 2 aliphatic rings. The van der Waals surface area contributed by atoms with Crippen molar-refractivity contribution in [3.8, 4) is 0 Å². The number of aromatic carboxylic acids is 1. The number of thiophene rings is 1. The lowest BCUT2D eigenvalue weighted by atomic mass is 9.81. The van der Waals surface area contributed by atoms with Crippen LogP contribution in [0.4, 0.5) is 11.5 Å². The highest BCUT2D eigenvalue weighted by atomic mass is 32.1. The van der Waals surface area contributed by atoms with E-state index in [2.05, 4.69) is 43.1 Å². The van der Waals surface area contributed by atoms with Crippen molar-refractivity contribution in [2.45, 2.75) is 96.6 Å². The van der Waals surface area contributed by atoms with Gasteiger partial charge in [0.05, 0.1) is 11.9 Å². The molecule has 0 unspecified atom stereocenters. The molecule has 0 spiro atoms. The Bertz CT molecular complexity index is 1070. The van der Waals surface area contributed by atoms with Gasteiger partial charge in [-0.15, -0.1) is 11.3 Å². The zero-order valence-corrected chi connectivity index (χ0v) is 23.6. The highest BCUT2D eigenvalue weighted by Crippen LogP contribution is 2.41. The molecule has 0 aliphatic heterocycles. The normalized spacial score (nSPS) is 24.5. The van der Waals surface area contributed by atoms with Crippen molar-refractivity contribution < 1.29 is 14.7 Å². The van der Waals surface area contributed by atoms with E-state index < -0.39 is 5.97 Å². The molecule has 0 saturated heterocycles. The molecule has 9 heteroatoms. The zero-order valence-electron chi connectivity index (χ0n) is 22.7. The molecule has 2 fully saturated rings. The molecule has 2 N–H and O–H groups in total. The van der Waals surface area contributed by atoms with Gasteiger partial charge in [0.15, 0.2) is 5.82 Å². The van der Waals surface area contributed by atoms with Crippen molar-refractivity contribution in [1.29, 1.82) is 0 Å². The van der Waals surface area contributed by atoms with Gasteiger partial charge in [-0.1, -0.05) is 27.7 Å². The van der Waals surface area contributed by atoms with E-state index in [1.54, 1.807) is 18.6 Å². The van der Waals surface area contributed by atoms with Crippen LogP contribution in [0.2, 0.25) is 0 Å². The molecule has 1 amide bonds. The fourth-order valence-corrected chi connectivity index (χ4v) is 6.60. The minimum absolute atomic E-state index is 0.00718. The molecule has 8 nitrogen and oxygen atoms in total. The lowest BCUT2D eigenvalue weighted by molar-refractivity contribution is -0.124. The maximum atomic E-state index is 14.1. The third-order valence-corrected chi connectivity index (χ3v) is 9.38. The van der Waals surface area contributed by atoms with Crippen LogP contribution in [0.3, 0.4) is 0 Å². The van der Waals surface area contributed by atoms with Gasteiger partial charge in [0.1, 0.15) is 4.88 Å². The lowest BCUT2D eigenvalue weighted by Crippen LogP contribution is -2.50. The summed E-state index contributed by atoms with van der Waals surface area (Å²) in [4.78, 5) is 38.1. The van der Waals surface area contributed by atoms with Gasteiger partial charge in [-0.25, -0.2) is 15.2 Å². The highest BCUT2D eigenvalue weighted by Gasteiger charge is 2.38. The summed E-state index contributed by atoms with van der Waals surface area (Å²) in [5, 5.41) is 12.0. The van der Waals surface area contributed by atoms with E-state index >= 15 is 0 Å². The number of nitrogens with zero attached hydrogens (tertiary/aromatic N) is 4. The monoisotopic (exact) mass is 527 g/mol. The molecule has 0 atom stereocenters. The second-order valence-corrected chi connectivity index (χ2v) is 12.9. The van der Waals surface area contributed by atoms with Crippen molar-refractivity contribution in [3.63, 3.8) is 0 Å². The molecule has 2 saturated carbocycles. The molecule has 2 aromatic rings. The molecule has 2 heterocycles. The predicted molar refractivity (Wildman–Crippen MR) is 148 cm³/mol. The first-order valence-electron chi connectivity index (χ1n) is 13.5. The summed E-state index contributed by atoms with van der Waals surface area (Å²) < 4.78 is 0. The van der Waals surface area contributed by atoms with Crippen molar-refractivity contribution in [3.05, 3.63) is 34.4 Å². The van der Waals surface area contributed by atoms with E-state index in [1.807, 2.05) is 23.0 Å². The molecule has 2 aliphatic carbocycles. The summed E-state index contributed by atoms with van der Waals surface area (Å²) in [5.41, 5.74) is 3.93. The fraction of sp³-hybridized carbons (Fsp3) is 0.643. The average Bonchev–Trinajstić information content (AvgIpc) is 3.32. The van der Waals surface area contributed by atoms with E-state index in [9.17, 15) is 14.7 Å². The predicted octanol–water partition coefficient (Wildman–Crippen LogP) is 5.65. The Morgan fingerprint density at radius 1 is 1.05 bits per heavy atom. The molecule has 4 rings (SSSR count). The summed E-state index contributed by atoms with van der Waals surface area (Å²) in [6.45, 7) is 8.52. The first kappa shape index (κ1) is 27.5. The Morgan fingerprint density at radius 2 is 1.73 bits per heavy atom. The van der Waals surface area contributed by atoms with Crippen LogP contribution in [0.25, 0.3) is 0 Å². The van der Waals surface area contributed by atoms with Crippen LogP contribution in [0.5, 0.6) is 0 Å². The van der Waals surface area contributed by atoms with Crippen LogP contribution in [0.1, 0.15) is 93.6 Å². The van der Waals surface area contributed by atoms with Gasteiger partial charge in [0.2, 0.25) is 5.91 Å². The summed E-state index contributed by atoms with van der Waals surface area (Å²) in [6, 6.07) is 2.22. The topological polar surface area (TPSA) is 98.7 Å². The van der Waals surface area contributed by atoms with Crippen molar-refractivity contribution in [1.82, 2.24) is 15.4 Å². The Balaban J connectivity index is 1.56. The first-order chi connectivity index (χ1) is 17.5. The smallest absolute Gasteiger partial charge is 0.348 e. The summed E-state index contributed by atoms with van der Waals surface area (Å²) >= 11 is 1.31. The van der Waals surface area contributed by atoms with Crippen molar-refractivity contribution >= 4 is 34.7 Å². The molecular weight excluding hydrogens is 486 g/mol. The number of nitrogens with one attached hydrogen (secondary N) is 1. The molecular formula is C28H41N5O3S. The maximum absolute atomic E-state index is 14.1. The number of carboxylic acids is 1. The minimum atomic E-state index is -0.952. The lowest BCUT2D eigenvalue weighted by Gasteiger charge is -2.40. The van der Waals surface area contributed by atoms with E-state index in [0.717, 1.165) is 62.1 Å². The second-order valence-electron chi connectivity index (χ2n) is 11.8. The van der Waals surface area contributed by atoms with Gasteiger partial charge < -0.3 is 10.0 Å². The van der Waals surface area contributed by atoms with E-state index in [-0.39, 0.29) is 34.2 Å². The van der Waals surface area contributed by atoms with Crippen LogP contribution in [-0.2, 0) is 10.2 Å². The van der Waals surface area contributed by atoms with Gasteiger partial charge in [0.25, 0.3) is 0 Å². The van der Waals surface area contributed by atoms with Gasteiger partial charge in [-0.2, -0.15) is 0 Å². The summed E-state index contributed by atoms with van der Waals surface area (Å²) in [7, 11) is 1.94. The number of anilines is 2. The molecule has 37 heavy (non-hydrogen) atoms. The summed E-state index contributed by atoms with van der Waals surface area (Å²) in [6.07, 6.45) is 12.3. The third-order valence-electron chi connectivity index (χ3n) is 7.84. The maximum Gasteiger partial charge on any atom is 0.348 e. The number of aromatic nitrogens is 2. The van der Waals surface area contributed by atoms with Crippen LogP contribution in [0, 0.1) is 11.8 Å². The van der Waals surface area contributed by atoms with Crippen LogP contribution in [0.15, 0.2) is 24.7 Å². The Hall–Kier alpha value is -2.52. The van der Waals surface area contributed by atoms with Crippen LogP contribution < -0.4 is 15.3 Å². The number of amides is 1.